The van der Waals surface area contributed by atoms with Crippen molar-refractivity contribution in [3.63, 3.8) is 0 Å². The first-order chi connectivity index (χ1) is 12.2. The first-order valence-electron chi connectivity index (χ1n) is 7.64. The molecule has 10 heteroatoms. The Balaban J connectivity index is 1.92. The Bertz CT molecular complexity index is 1150. The van der Waals surface area contributed by atoms with E-state index in [1.54, 1.807) is 12.1 Å². The monoisotopic (exact) mass is 383 g/mol. The Labute approximate surface area is 148 Å². The zero-order valence-electron chi connectivity index (χ0n) is 13.6. The van der Waals surface area contributed by atoms with Gasteiger partial charge in [-0.25, -0.2) is 9.36 Å². The number of epoxide rings is 1. The summed E-state index contributed by atoms with van der Waals surface area (Å²) < 4.78 is 50.6. The van der Waals surface area contributed by atoms with Crippen LogP contribution in [0.3, 0.4) is 0 Å². The summed E-state index contributed by atoms with van der Waals surface area (Å²) in [5.74, 6) is 0. The predicted octanol–water partition coefficient (Wildman–Crippen LogP) is 2.62. The number of rotatable bonds is 2. The summed E-state index contributed by atoms with van der Waals surface area (Å²) >= 11 is 1.26. The van der Waals surface area contributed by atoms with Crippen molar-refractivity contribution in [2.75, 3.05) is 0 Å². The molecule has 0 spiro atoms. The molecule has 2 aromatic heterocycles. The molecule has 1 fully saturated rings. The average Bonchev–Trinajstić information content (AvgIpc) is 3.13. The minimum atomic E-state index is -4.79. The average molecular weight is 383 g/mol. The van der Waals surface area contributed by atoms with Crippen LogP contribution in [0.1, 0.15) is 24.4 Å². The van der Waals surface area contributed by atoms with E-state index in [4.69, 9.17) is 4.74 Å². The van der Waals surface area contributed by atoms with E-state index in [2.05, 4.69) is 4.37 Å². The molecule has 3 heterocycles. The maximum atomic E-state index is 13.0. The lowest BCUT2D eigenvalue weighted by molar-refractivity contribution is -0.144. The predicted molar refractivity (Wildman–Crippen MR) is 88.7 cm³/mol. The summed E-state index contributed by atoms with van der Waals surface area (Å²) in [6.45, 7) is 1.90. The zero-order valence-corrected chi connectivity index (χ0v) is 14.4. The third-order valence-corrected chi connectivity index (χ3v) is 5.17. The van der Waals surface area contributed by atoms with Gasteiger partial charge in [-0.2, -0.15) is 17.5 Å². The standard InChI is InChI=1S/C16H12F3N3O3S/c1-7-14(25-7)13-9-5-8(3-4-10(9)26-20-13)22-12(23)6-11(16(17,18)19)21(2)15(22)24/h3-7,14H,1-2H3/t7-,14-/m0/s1. The summed E-state index contributed by atoms with van der Waals surface area (Å²) in [5, 5.41) is 0.718. The van der Waals surface area contributed by atoms with E-state index in [0.29, 0.717) is 20.9 Å². The highest BCUT2D eigenvalue weighted by Gasteiger charge is 2.39. The smallest absolute Gasteiger partial charge is 0.363 e. The number of hydrogen-bond donors (Lipinski definition) is 0. The number of halogens is 3. The van der Waals surface area contributed by atoms with E-state index >= 15 is 0 Å². The van der Waals surface area contributed by atoms with E-state index in [1.807, 2.05) is 6.92 Å². The van der Waals surface area contributed by atoms with E-state index in [1.165, 1.54) is 17.6 Å². The fraction of sp³-hybridized carbons (Fsp3) is 0.312. The van der Waals surface area contributed by atoms with Gasteiger partial charge in [0, 0.05) is 18.5 Å². The summed E-state index contributed by atoms with van der Waals surface area (Å²) in [6.07, 6.45) is -4.91. The van der Waals surface area contributed by atoms with Crippen LogP contribution in [0.15, 0.2) is 33.9 Å². The third-order valence-electron chi connectivity index (χ3n) is 4.33. The van der Waals surface area contributed by atoms with Crippen LogP contribution < -0.4 is 11.2 Å². The topological polar surface area (TPSA) is 69.4 Å². The van der Waals surface area contributed by atoms with Gasteiger partial charge in [-0.05, 0) is 36.7 Å². The molecule has 0 bridgehead atoms. The highest BCUT2D eigenvalue weighted by atomic mass is 32.1. The molecule has 2 atom stereocenters. The molecule has 1 aromatic carbocycles. The number of alkyl halides is 3. The van der Waals surface area contributed by atoms with Crippen LogP contribution >= 0.6 is 11.5 Å². The molecule has 1 saturated heterocycles. The molecule has 0 amide bonds. The van der Waals surface area contributed by atoms with E-state index in [9.17, 15) is 22.8 Å². The maximum absolute atomic E-state index is 13.0. The molecular weight excluding hydrogens is 371 g/mol. The fourth-order valence-electron chi connectivity index (χ4n) is 2.90. The summed E-state index contributed by atoms with van der Waals surface area (Å²) in [7, 11) is 0.983. The number of aromatic nitrogens is 3. The van der Waals surface area contributed by atoms with Gasteiger partial charge in [0.15, 0.2) is 0 Å². The van der Waals surface area contributed by atoms with Gasteiger partial charge in [-0.1, -0.05) is 0 Å². The van der Waals surface area contributed by atoms with Gasteiger partial charge >= 0.3 is 11.9 Å². The van der Waals surface area contributed by atoms with Crippen molar-refractivity contribution in [1.29, 1.82) is 0 Å². The SMILES string of the molecule is C[C@@H]1O[C@@H]1c1nsc2ccc(-n3c(=O)cc(C(F)(F)F)n(C)c3=O)cc12. The molecule has 0 radical (unpaired) electrons. The lowest BCUT2D eigenvalue weighted by atomic mass is 10.1. The number of ether oxygens (including phenoxy) is 1. The van der Waals surface area contributed by atoms with Gasteiger partial charge < -0.3 is 4.74 Å². The Morgan fingerprint density at radius 3 is 2.54 bits per heavy atom. The molecule has 26 heavy (non-hydrogen) atoms. The maximum Gasteiger partial charge on any atom is 0.431 e. The molecule has 0 unspecified atom stereocenters. The molecule has 1 aliphatic heterocycles. The van der Waals surface area contributed by atoms with Gasteiger partial charge in [-0.15, -0.1) is 0 Å². The molecule has 0 aliphatic carbocycles. The minimum absolute atomic E-state index is 0.0330. The normalized spacial score (nSPS) is 19.9. The van der Waals surface area contributed by atoms with Crippen molar-refractivity contribution in [1.82, 2.24) is 13.5 Å². The van der Waals surface area contributed by atoms with Crippen LogP contribution in [0.2, 0.25) is 0 Å². The van der Waals surface area contributed by atoms with Crippen molar-refractivity contribution < 1.29 is 17.9 Å². The summed E-state index contributed by atoms with van der Waals surface area (Å²) in [4.78, 5) is 24.6. The van der Waals surface area contributed by atoms with Gasteiger partial charge in [0.1, 0.15) is 11.8 Å². The zero-order chi connectivity index (χ0) is 18.8. The van der Waals surface area contributed by atoms with Crippen LogP contribution in [0.25, 0.3) is 15.8 Å². The first-order valence-corrected chi connectivity index (χ1v) is 8.41. The molecule has 0 saturated carbocycles. The summed E-state index contributed by atoms with van der Waals surface area (Å²) in [5.41, 5.74) is -2.50. The first kappa shape index (κ1) is 17.0. The molecule has 1 aliphatic rings. The highest BCUT2D eigenvalue weighted by Crippen LogP contribution is 2.42. The van der Waals surface area contributed by atoms with Gasteiger partial charge in [0.25, 0.3) is 5.56 Å². The number of fused-ring (bicyclic) bond motifs is 1. The van der Waals surface area contributed by atoms with Gasteiger partial charge in [-0.3, -0.25) is 9.36 Å². The van der Waals surface area contributed by atoms with Crippen molar-refractivity contribution >= 4 is 21.6 Å². The van der Waals surface area contributed by atoms with Crippen LogP contribution in [0.4, 0.5) is 13.2 Å². The van der Waals surface area contributed by atoms with Crippen molar-refractivity contribution in [2.24, 2.45) is 7.05 Å². The number of hydrogen-bond acceptors (Lipinski definition) is 5. The van der Waals surface area contributed by atoms with E-state index in [0.717, 1.165) is 17.1 Å². The minimum Gasteiger partial charge on any atom is -0.363 e. The number of benzene rings is 1. The van der Waals surface area contributed by atoms with Crippen LogP contribution in [0, 0.1) is 0 Å². The second-order valence-electron chi connectivity index (χ2n) is 6.05. The molecule has 4 rings (SSSR count). The highest BCUT2D eigenvalue weighted by molar-refractivity contribution is 7.13. The molecule has 6 nitrogen and oxygen atoms in total. The molecular formula is C16H12F3N3O3S. The van der Waals surface area contributed by atoms with E-state index in [-0.39, 0.29) is 17.9 Å². The van der Waals surface area contributed by atoms with Crippen LogP contribution in [0.5, 0.6) is 0 Å². The largest absolute Gasteiger partial charge is 0.431 e. The Kier molecular flexibility index (Phi) is 3.60. The van der Waals surface area contributed by atoms with Gasteiger partial charge in [0.05, 0.1) is 22.2 Å². The van der Waals surface area contributed by atoms with Gasteiger partial charge in [0.2, 0.25) is 0 Å². The lowest BCUT2D eigenvalue weighted by Gasteiger charge is -2.14. The molecule has 0 N–H and O–H groups in total. The van der Waals surface area contributed by atoms with Crippen molar-refractivity contribution in [2.45, 2.75) is 25.3 Å². The van der Waals surface area contributed by atoms with E-state index < -0.39 is 23.1 Å². The Hall–Kier alpha value is -2.46. The van der Waals surface area contributed by atoms with Crippen molar-refractivity contribution in [3.8, 4) is 5.69 Å². The molecule has 136 valence electrons. The second kappa shape index (κ2) is 5.52. The summed E-state index contributed by atoms with van der Waals surface area (Å²) in [6, 6.07) is 5.20. The van der Waals surface area contributed by atoms with Crippen LogP contribution in [-0.4, -0.2) is 19.6 Å². The van der Waals surface area contributed by atoms with Crippen molar-refractivity contribution in [3.05, 3.63) is 56.5 Å². The Morgan fingerprint density at radius 2 is 1.92 bits per heavy atom. The lowest BCUT2D eigenvalue weighted by Crippen LogP contribution is -2.40. The van der Waals surface area contributed by atoms with Crippen LogP contribution in [-0.2, 0) is 18.0 Å². The third kappa shape index (κ3) is 2.56. The molecule has 3 aromatic rings. The Morgan fingerprint density at radius 1 is 1.23 bits per heavy atom. The quantitative estimate of drug-likeness (QED) is 0.638. The fourth-order valence-corrected chi connectivity index (χ4v) is 3.69. The number of nitrogens with zero attached hydrogens (tertiary/aromatic N) is 3. The second-order valence-corrected chi connectivity index (χ2v) is 6.86.